The second kappa shape index (κ2) is 6.33. The second-order valence-corrected chi connectivity index (χ2v) is 4.61. The topological polar surface area (TPSA) is 75.6 Å². The van der Waals surface area contributed by atoms with Crippen LogP contribution in [-0.2, 0) is 14.3 Å². The summed E-state index contributed by atoms with van der Waals surface area (Å²) >= 11 is 0. The number of carbonyl (C=O) groups is 2. The van der Waals surface area contributed by atoms with Crippen LogP contribution in [0.2, 0.25) is 0 Å². The molecule has 0 spiro atoms. The average Bonchev–Trinajstić information content (AvgIpc) is 2.30. The van der Waals surface area contributed by atoms with Gasteiger partial charge in [0.2, 0.25) is 5.91 Å². The number of ether oxygens (including phenoxy) is 1. The van der Waals surface area contributed by atoms with Gasteiger partial charge in [0.25, 0.3) is 0 Å². The zero-order valence-electron chi connectivity index (χ0n) is 11.6. The van der Waals surface area contributed by atoms with E-state index in [9.17, 15) is 9.59 Å². The number of nitrogens with one attached hydrogen (secondary N) is 1. The average molecular weight is 265 g/mol. The summed E-state index contributed by atoms with van der Waals surface area (Å²) in [5.74, 6) is -1.45. The first-order valence-electron chi connectivity index (χ1n) is 6.03. The lowest BCUT2D eigenvalue weighted by molar-refractivity contribution is -0.150. The predicted molar refractivity (Wildman–Crippen MR) is 72.3 cm³/mol. The van der Waals surface area contributed by atoms with E-state index in [2.05, 4.69) is 5.32 Å². The van der Waals surface area contributed by atoms with Crippen molar-refractivity contribution in [2.45, 2.75) is 33.8 Å². The Labute approximate surface area is 112 Å². The molecule has 0 saturated heterocycles. The van der Waals surface area contributed by atoms with Crippen LogP contribution in [0.25, 0.3) is 0 Å². The highest BCUT2D eigenvalue weighted by Crippen LogP contribution is 2.21. The molecule has 0 aliphatic heterocycles. The van der Waals surface area contributed by atoms with E-state index in [1.54, 1.807) is 0 Å². The molecule has 0 bridgehead atoms. The number of carboxylic acid groups (broad SMARTS) is 1. The molecule has 5 nitrogen and oxygen atoms in total. The van der Waals surface area contributed by atoms with E-state index in [0.717, 1.165) is 22.4 Å². The van der Waals surface area contributed by atoms with Crippen LogP contribution in [0.4, 0.5) is 5.69 Å². The van der Waals surface area contributed by atoms with Crippen LogP contribution in [-0.4, -0.2) is 29.7 Å². The van der Waals surface area contributed by atoms with Gasteiger partial charge in [-0.15, -0.1) is 0 Å². The lowest BCUT2D eigenvalue weighted by Gasteiger charge is -2.13. The molecule has 1 unspecified atom stereocenters. The molecule has 0 saturated carbocycles. The molecular formula is C14H19NO4. The van der Waals surface area contributed by atoms with Gasteiger partial charge >= 0.3 is 5.97 Å². The minimum absolute atomic E-state index is 0.278. The Balaban J connectivity index is 2.65. The Morgan fingerprint density at radius 3 is 2.26 bits per heavy atom. The largest absolute Gasteiger partial charge is 0.479 e. The van der Waals surface area contributed by atoms with E-state index >= 15 is 0 Å². The number of rotatable bonds is 5. The first-order chi connectivity index (χ1) is 8.81. The summed E-state index contributed by atoms with van der Waals surface area (Å²) in [5.41, 5.74) is 3.82. The van der Waals surface area contributed by atoms with Gasteiger partial charge in [0.1, 0.15) is 6.61 Å². The van der Waals surface area contributed by atoms with Crippen LogP contribution in [0.3, 0.4) is 0 Å². The molecule has 1 amide bonds. The molecule has 0 heterocycles. The normalized spacial score (nSPS) is 12.0. The van der Waals surface area contributed by atoms with Gasteiger partial charge in [0.15, 0.2) is 6.10 Å². The molecule has 0 fully saturated rings. The zero-order valence-corrected chi connectivity index (χ0v) is 11.6. The Kier molecular flexibility index (Phi) is 5.06. The third-order valence-electron chi connectivity index (χ3n) is 2.75. The van der Waals surface area contributed by atoms with Crippen molar-refractivity contribution in [3.8, 4) is 0 Å². The van der Waals surface area contributed by atoms with Gasteiger partial charge in [-0.1, -0.05) is 17.7 Å². The maximum atomic E-state index is 11.7. The van der Waals surface area contributed by atoms with Crippen molar-refractivity contribution < 1.29 is 19.4 Å². The van der Waals surface area contributed by atoms with Gasteiger partial charge < -0.3 is 15.2 Å². The van der Waals surface area contributed by atoms with E-state index in [4.69, 9.17) is 9.84 Å². The third-order valence-corrected chi connectivity index (χ3v) is 2.75. The van der Waals surface area contributed by atoms with E-state index in [-0.39, 0.29) is 12.5 Å². The molecule has 1 atom stereocenters. The SMILES string of the molecule is Cc1cc(C)c(NC(=O)COC(C)C(=O)O)c(C)c1. The van der Waals surface area contributed by atoms with Crippen molar-refractivity contribution in [3.63, 3.8) is 0 Å². The van der Waals surface area contributed by atoms with Crippen molar-refractivity contribution in [2.75, 3.05) is 11.9 Å². The summed E-state index contributed by atoms with van der Waals surface area (Å²) in [5, 5.41) is 11.4. The van der Waals surface area contributed by atoms with Crippen molar-refractivity contribution >= 4 is 17.6 Å². The fraction of sp³-hybridized carbons (Fsp3) is 0.429. The minimum Gasteiger partial charge on any atom is -0.479 e. The molecule has 1 rings (SSSR count). The van der Waals surface area contributed by atoms with Crippen LogP contribution in [0.1, 0.15) is 23.6 Å². The number of hydrogen-bond acceptors (Lipinski definition) is 3. The van der Waals surface area contributed by atoms with Gasteiger partial charge in [0, 0.05) is 5.69 Å². The van der Waals surface area contributed by atoms with E-state index in [0.29, 0.717) is 0 Å². The Bertz CT molecular complexity index is 473. The monoisotopic (exact) mass is 265 g/mol. The van der Waals surface area contributed by atoms with E-state index < -0.39 is 12.1 Å². The second-order valence-electron chi connectivity index (χ2n) is 4.61. The fourth-order valence-electron chi connectivity index (χ4n) is 1.82. The van der Waals surface area contributed by atoms with Crippen LogP contribution in [0, 0.1) is 20.8 Å². The van der Waals surface area contributed by atoms with Crippen LogP contribution in [0.5, 0.6) is 0 Å². The summed E-state index contributed by atoms with van der Waals surface area (Å²) < 4.78 is 4.93. The highest BCUT2D eigenvalue weighted by atomic mass is 16.5. The molecule has 1 aromatic rings. The van der Waals surface area contributed by atoms with Gasteiger partial charge in [-0.25, -0.2) is 4.79 Å². The smallest absolute Gasteiger partial charge is 0.332 e. The standard InChI is InChI=1S/C14H19NO4/c1-8-5-9(2)13(10(3)6-8)15-12(16)7-19-11(4)14(17)18/h5-6,11H,7H2,1-4H3,(H,15,16)(H,17,18). The third kappa shape index (κ3) is 4.37. The van der Waals surface area contributed by atoms with Gasteiger partial charge in [0.05, 0.1) is 0 Å². The minimum atomic E-state index is -1.09. The van der Waals surface area contributed by atoms with Crippen LogP contribution in [0.15, 0.2) is 12.1 Å². The maximum Gasteiger partial charge on any atom is 0.332 e. The Hall–Kier alpha value is -1.88. The Morgan fingerprint density at radius 2 is 1.79 bits per heavy atom. The van der Waals surface area contributed by atoms with Crippen molar-refractivity contribution in [1.82, 2.24) is 0 Å². The number of benzene rings is 1. The summed E-state index contributed by atoms with van der Waals surface area (Å²) in [7, 11) is 0. The molecule has 104 valence electrons. The highest BCUT2D eigenvalue weighted by Gasteiger charge is 2.14. The lowest BCUT2D eigenvalue weighted by Crippen LogP contribution is -2.26. The van der Waals surface area contributed by atoms with Gasteiger partial charge in [-0.2, -0.15) is 0 Å². The number of hydrogen-bond donors (Lipinski definition) is 2. The first kappa shape index (κ1) is 15.2. The summed E-state index contributed by atoms with van der Waals surface area (Å²) in [6, 6.07) is 3.95. The van der Waals surface area contributed by atoms with Crippen LogP contribution < -0.4 is 5.32 Å². The summed E-state index contributed by atoms with van der Waals surface area (Å²) in [6.45, 7) is 6.92. The molecule has 0 radical (unpaired) electrons. The molecule has 5 heteroatoms. The quantitative estimate of drug-likeness (QED) is 0.854. The zero-order chi connectivity index (χ0) is 14.6. The number of carboxylic acids is 1. The molecule has 0 aliphatic carbocycles. The predicted octanol–water partition coefficient (Wildman–Crippen LogP) is 2.04. The summed E-state index contributed by atoms with van der Waals surface area (Å²) in [6.07, 6.45) is -0.994. The molecule has 0 aliphatic rings. The van der Waals surface area contributed by atoms with E-state index in [1.165, 1.54) is 6.92 Å². The number of aryl methyl sites for hydroxylation is 3. The van der Waals surface area contributed by atoms with Crippen molar-refractivity contribution in [3.05, 3.63) is 28.8 Å². The first-order valence-corrected chi connectivity index (χ1v) is 6.03. The molecule has 1 aromatic carbocycles. The number of amides is 1. The number of carbonyl (C=O) groups excluding carboxylic acids is 1. The molecule has 19 heavy (non-hydrogen) atoms. The van der Waals surface area contributed by atoms with Gasteiger partial charge in [-0.05, 0) is 38.8 Å². The van der Waals surface area contributed by atoms with Gasteiger partial charge in [-0.3, -0.25) is 4.79 Å². The van der Waals surface area contributed by atoms with E-state index in [1.807, 2.05) is 32.9 Å². The van der Waals surface area contributed by atoms with Crippen molar-refractivity contribution in [2.24, 2.45) is 0 Å². The molecular weight excluding hydrogens is 246 g/mol. The lowest BCUT2D eigenvalue weighted by atomic mass is 10.1. The van der Waals surface area contributed by atoms with Crippen LogP contribution >= 0.6 is 0 Å². The Morgan fingerprint density at radius 1 is 1.26 bits per heavy atom. The number of anilines is 1. The van der Waals surface area contributed by atoms with Crippen molar-refractivity contribution in [1.29, 1.82) is 0 Å². The number of aliphatic carboxylic acids is 1. The maximum absolute atomic E-state index is 11.7. The highest BCUT2D eigenvalue weighted by molar-refractivity contribution is 5.93. The molecule has 2 N–H and O–H groups in total. The molecule has 0 aromatic heterocycles. The summed E-state index contributed by atoms with van der Waals surface area (Å²) in [4.78, 5) is 22.3. The fourth-order valence-corrected chi connectivity index (χ4v) is 1.82.